The van der Waals surface area contributed by atoms with Gasteiger partial charge in [0.2, 0.25) is 10.0 Å². The highest BCUT2D eigenvalue weighted by atomic mass is 79.9. The molecule has 0 radical (unpaired) electrons. The number of sulfonamides is 1. The average Bonchev–Trinajstić information content (AvgIpc) is 2.36. The van der Waals surface area contributed by atoms with E-state index in [1.165, 1.54) is 0 Å². The third kappa shape index (κ3) is 2.86. The highest BCUT2D eigenvalue weighted by Gasteiger charge is 2.36. The third-order valence-corrected chi connectivity index (χ3v) is 7.69. The molecule has 2 rings (SSSR count). The number of hydrogen-bond donors (Lipinski definition) is 1. The molecule has 2 atom stereocenters. The van der Waals surface area contributed by atoms with Gasteiger partial charge in [-0.15, -0.1) is 0 Å². The fourth-order valence-corrected chi connectivity index (χ4v) is 6.22. The van der Waals surface area contributed by atoms with Gasteiger partial charge in [-0.25, -0.2) is 8.42 Å². The fourth-order valence-electron chi connectivity index (χ4n) is 2.31. The van der Waals surface area contributed by atoms with Crippen molar-refractivity contribution in [2.24, 2.45) is 0 Å². The molecule has 2 N–H and O–H groups in total. The van der Waals surface area contributed by atoms with Gasteiger partial charge in [-0.1, -0.05) is 22.9 Å². The summed E-state index contributed by atoms with van der Waals surface area (Å²) < 4.78 is 28.1. The van der Waals surface area contributed by atoms with Gasteiger partial charge in [0, 0.05) is 33.7 Å². The van der Waals surface area contributed by atoms with Gasteiger partial charge >= 0.3 is 0 Å². The lowest BCUT2D eigenvalue weighted by Crippen LogP contribution is -2.47. The molecule has 0 aromatic heterocycles. The van der Waals surface area contributed by atoms with Crippen LogP contribution in [-0.2, 0) is 10.0 Å². The van der Waals surface area contributed by atoms with E-state index in [1.807, 2.05) is 18.7 Å². The minimum Gasteiger partial charge on any atom is -0.398 e. The lowest BCUT2D eigenvalue weighted by Gasteiger charge is -2.36. The predicted molar refractivity (Wildman–Crippen MR) is 88.6 cm³/mol. The molecule has 7 heteroatoms. The number of hydrogen-bond acceptors (Lipinski definition) is 4. The Labute approximate surface area is 133 Å². The van der Waals surface area contributed by atoms with Gasteiger partial charge in [-0.05, 0) is 31.5 Å². The molecule has 4 nitrogen and oxygen atoms in total. The number of nitrogen functional groups attached to an aromatic ring is 1. The predicted octanol–water partition coefficient (Wildman–Crippen LogP) is 2.85. The van der Waals surface area contributed by atoms with Gasteiger partial charge in [0.15, 0.2) is 0 Å². The van der Waals surface area contributed by atoms with Crippen LogP contribution in [0.4, 0.5) is 5.69 Å². The Balaban J connectivity index is 2.50. The third-order valence-electron chi connectivity index (χ3n) is 3.78. The molecule has 1 aromatic carbocycles. The van der Waals surface area contributed by atoms with Crippen molar-refractivity contribution in [3.8, 4) is 0 Å². The molecule has 1 aliphatic rings. The number of thioether (sulfide) groups is 1. The summed E-state index contributed by atoms with van der Waals surface area (Å²) in [6, 6.07) is 3.35. The fraction of sp³-hybridized carbons (Fsp3) is 0.538. The summed E-state index contributed by atoms with van der Waals surface area (Å²) in [6.45, 7) is 6.33. The molecule has 0 bridgehead atoms. The van der Waals surface area contributed by atoms with Crippen LogP contribution in [0.15, 0.2) is 21.5 Å². The van der Waals surface area contributed by atoms with E-state index in [9.17, 15) is 8.42 Å². The molecule has 1 fully saturated rings. The van der Waals surface area contributed by atoms with Gasteiger partial charge in [-0.2, -0.15) is 16.1 Å². The van der Waals surface area contributed by atoms with E-state index in [2.05, 4.69) is 22.9 Å². The van der Waals surface area contributed by atoms with Gasteiger partial charge in [0.25, 0.3) is 0 Å². The molecule has 1 heterocycles. The summed E-state index contributed by atoms with van der Waals surface area (Å²) in [4.78, 5) is 0.301. The molecular weight excluding hydrogens is 360 g/mol. The standard InChI is InChI=1S/C13H19BrN2O2S2/c1-8-12(15)6-11(14)7-13(8)20(17,18)16-4-5-19-10(3)9(16)2/h6-7,9-10H,4-5,15H2,1-3H3. The van der Waals surface area contributed by atoms with Crippen molar-refractivity contribution in [1.29, 1.82) is 0 Å². The second-order valence-electron chi connectivity index (χ2n) is 5.05. The Morgan fingerprint density at radius 3 is 2.70 bits per heavy atom. The normalized spacial score (nSPS) is 24.8. The minimum absolute atomic E-state index is 0.0154. The summed E-state index contributed by atoms with van der Waals surface area (Å²) in [5.74, 6) is 0.827. The SMILES string of the molecule is Cc1c(N)cc(Br)cc1S(=O)(=O)N1CCSC(C)C1C. The molecule has 2 unspecified atom stereocenters. The Bertz CT molecular complexity index is 619. The molecule has 0 spiro atoms. The second kappa shape index (κ2) is 5.87. The van der Waals surface area contributed by atoms with Crippen molar-refractivity contribution in [2.75, 3.05) is 18.0 Å². The van der Waals surface area contributed by atoms with E-state index in [4.69, 9.17) is 5.73 Å². The van der Waals surface area contributed by atoms with Gasteiger partial charge < -0.3 is 5.73 Å². The molecule has 1 aliphatic heterocycles. The number of anilines is 1. The minimum atomic E-state index is -3.51. The van der Waals surface area contributed by atoms with Crippen LogP contribution in [-0.4, -0.2) is 36.3 Å². The number of halogens is 1. The molecular formula is C13H19BrN2O2S2. The maximum absolute atomic E-state index is 12.9. The van der Waals surface area contributed by atoms with Crippen LogP contribution < -0.4 is 5.73 Å². The summed E-state index contributed by atoms with van der Waals surface area (Å²) in [5, 5.41) is 0.295. The van der Waals surface area contributed by atoms with E-state index >= 15 is 0 Å². The largest absolute Gasteiger partial charge is 0.398 e. The summed E-state index contributed by atoms with van der Waals surface area (Å²) in [7, 11) is -3.51. The Morgan fingerprint density at radius 1 is 1.40 bits per heavy atom. The number of rotatable bonds is 2. The van der Waals surface area contributed by atoms with E-state index in [0.717, 1.165) is 5.75 Å². The summed E-state index contributed by atoms with van der Waals surface area (Å²) >= 11 is 5.14. The molecule has 112 valence electrons. The molecule has 0 amide bonds. The summed E-state index contributed by atoms with van der Waals surface area (Å²) in [5.41, 5.74) is 7.00. The number of benzene rings is 1. The van der Waals surface area contributed by atoms with Crippen LogP contribution in [0.3, 0.4) is 0 Å². The van der Waals surface area contributed by atoms with Crippen LogP contribution in [0.25, 0.3) is 0 Å². The molecule has 20 heavy (non-hydrogen) atoms. The first-order valence-corrected chi connectivity index (χ1v) is 9.72. The van der Waals surface area contributed by atoms with Crippen LogP contribution in [0.5, 0.6) is 0 Å². The van der Waals surface area contributed by atoms with Crippen LogP contribution in [0, 0.1) is 6.92 Å². The van der Waals surface area contributed by atoms with Crippen molar-refractivity contribution in [2.45, 2.75) is 37.0 Å². The highest BCUT2D eigenvalue weighted by molar-refractivity contribution is 9.10. The zero-order chi connectivity index (χ0) is 15.1. The van der Waals surface area contributed by atoms with Crippen molar-refractivity contribution in [3.05, 3.63) is 22.2 Å². The van der Waals surface area contributed by atoms with Gasteiger partial charge in [0.05, 0.1) is 4.90 Å². The highest BCUT2D eigenvalue weighted by Crippen LogP contribution is 2.33. The van der Waals surface area contributed by atoms with Gasteiger partial charge in [-0.3, -0.25) is 0 Å². The van der Waals surface area contributed by atoms with E-state index in [0.29, 0.717) is 32.4 Å². The Kier molecular flexibility index (Phi) is 4.73. The number of nitrogens with two attached hydrogens (primary N) is 1. The first-order chi connectivity index (χ1) is 9.25. The lowest BCUT2D eigenvalue weighted by molar-refractivity contribution is 0.340. The average molecular weight is 379 g/mol. The molecule has 1 saturated heterocycles. The van der Waals surface area contributed by atoms with Gasteiger partial charge in [0.1, 0.15) is 0 Å². The van der Waals surface area contributed by atoms with Crippen molar-refractivity contribution < 1.29 is 8.42 Å². The molecule has 0 aliphatic carbocycles. The van der Waals surface area contributed by atoms with Crippen molar-refractivity contribution in [1.82, 2.24) is 4.31 Å². The smallest absolute Gasteiger partial charge is 0.243 e. The maximum Gasteiger partial charge on any atom is 0.243 e. The lowest BCUT2D eigenvalue weighted by atomic mass is 10.2. The zero-order valence-electron chi connectivity index (χ0n) is 11.8. The second-order valence-corrected chi connectivity index (χ2v) is 9.31. The molecule has 1 aromatic rings. The maximum atomic E-state index is 12.9. The Morgan fingerprint density at radius 2 is 2.05 bits per heavy atom. The number of nitrogens with zero attached hydrogens (tertiary/aromatic N) is 1. The van der Waals surface area contributed by atoms with Crippen LogP contribution >= 0.6 is 27.7 Å². The monoisotopic (exact) mass is 378 g/mol. The van der Waals surface area contributed by atoms with Crippen LogP contribution in [0.2, 0.25) is 0 Å². The van der Waals surface area contributed by atoms with Crippen molar-refractivity contribution in [3.63, 3.8) is 0 Å². The topological polar surface area (TPSA) is 63.4 Å². The quantitative estimate of drug-likeness (QED) is 0.803. The van der Waals surface area contributed by atoms with E-state index in [-0.39, 0.29) is 6.04 Å². The zero-order valence-corrected chi connectivity index (χ0v) is 15.0. The molecule has 0 saturated carbocycles. The first kappa shape index (κ1) is 16.1. The van der Waals surface area contributed by atoms with Crippen molar-refractivity contribution >= 4 is 43.4 Å². The Hall–Kier alpha value is -0.240. The first-order valence-electron chi connectivity index (χ1n) is 6.44. The summed E-state index contributed by atoms with van der Waals surface area (Å²) in [6.07, 6.45) is 0. The van der Waals surface area contributed by atoms with E-state index < -0.39 is 10.0 Å². The van der Waals surface area contributed by atoms with E-state index in [1.54, 1.807) is 23.4 Å². The van der Waals surface area contributed by atoms with Crippen LogP contribution in [0.1, 0.15) is 19.4 Å².